The summed E-state index contributed by atoms with van der Waals surface area (Å²) >= 11 is 0. The Morgan fingerprint density at radius 3 is 2.17 bits per heavy atom. The minimum Gasteiger partial charge on any atom is -0.475 e. The Labute approximate surface area is 199 Å². The van der Waals surface area contributed by atoms with Crippen LogP contribution in [-0.2, 0) is 14.8 Å². The first kappa shape index (κ1) is 27.9. The molecule has 1 aliphatic heterocycles. The second-order valence-electron chi connectivity index (χ2n) is 7.51. The summed E-state index contributed by atoms with van der Waals surface area (Å²) in [4.78, 5) is 24.7. The number of sulfonamides is 1. The Bertz CT molecular complexity index is 1170. The summed E-state index contributed by atoms with van der Waals surface area (Å²) in [6.07, 6.45) is -5.08. The SMILES string of the molecule is CN(C)C(=O)c1cc(NS(=O)(=O)c2ccccc2F)ccc1N1CCNCC1.O=C(O)C(F)(F)F. The van der Waals surface area contributed by atoms with Crippen LogP contribution in [0.5, 0.6) is 0 Å². The van der Waals surface area contributed by atoms with Gasteiger partial charge in [-0.25, -0.2) is 17.6 Å². The van der Waals surface area contributed by atoms with E-state index in [-0.39, 0.29) is 11.6 Å². The number of benzene rings is 2. The Kier molecular flexibility index (Phi) is 9.04. The van der Waals surface area contributed by atoms with Gasteiger partial charge in [0.25, 0.3) is 15.9 Å². The molecule has 1 heterocycles. The molecule has 35 heavy (non-hydrogen) atoms. The van der Waals surface area contributed by atoms with Gasteiger partial charge in [-0.05, 0) is 30.3 Å². The molecule has 1 aliphatic rings. The average molecular weight is 521 g/mol. The van der Waals surface area contributed by atoms with Crippen LogP contribution in [0, 0.1) is 5.82 Å². The van der Waals surface area contributed by atoms with Gasteiger partial charge in [-0.1, -0.05) is 12.1 Å². The predicted octanol–water partition coefficient (Wildman–Crippen LogP) is 2.37. The lowest BCUT2D eigenvalue weighted by molar-refractivity contribution is -0.192. The van der Waals surface area contributed by atoms with Crippen molar-refractivity contribution in [2.75, 3.05) is 49.9 Å². The minimum atomic E-state index is -5.08. The van der Waals surface area contributed by atoms with Gasteiger partial charge in [-0.3, -0.25) is 9.52 Å². The number of nitrogens with zero attached hydrogens (tertiary/aromatic N) is 2. The van der Waals surface area contributed by atoms with Gasteiger partial charge < -0.3 is 20.2 Å². The zero-order valence-corrected chi connectivity index (χ0v) is 19.6. The molecule has 3 N–H and O–H groups in total. The number of nitrogens with one attached hydrogen (secondary N) is 2. The first-order chi connectivity index (χ1) is 16.2. The number of carboxylic acids is 1. The largest absolute Gasteiger partial charge is 0.490 e. The van der Waals surface area contributed by atoms with E-state index in [2.05, 4.69) is 14.9 Å². The van der Waals surface area contributed by atoms with Crippen LogP contribution >= 0.6 is 0 Å². The maximum atomic E-state index is 13.9. The van der Waals surface area contributed by atoms with Gasteiger partial charge in [0.1, 0.15) is 10.7 Å². The summed E-state index contributed by atoms with van der Waals surface area (Å²) < 4.78 is 73.1. The molecule has 0 aromatic heterocycles. The van der Waals surface area contributed by atoms with Gasteiger partial charge in [-0.2, -0.15) is 13.2 Å². The van der Waals surface area contributed by atoms with Crippen molar-refractivity contribution in [2.45, 2.75) is 11.1 Å². The Morgan fingerprint density at radius 1 is 1.09 bits per heavy atom. The van der Waals surface area contributed by atoms with E-state index in [0.29, 0.717) is 5.56 Å². The van der Waals surface area contributed by atoms with Crippen LogP contribution in [0.3, 0.4) is 0 Å². The van der Waals surface area contributed by atoms with Crippen LogP contribution in [0.4, 0.5) is 28.9 Å². The number of aliphatic carboxylic acids is 1. The highest BCUT2D eigenvalue weighted by Crippen LogP contribution is 2.27. The van der Waals surface area contributed by atoms with Crippen molar-refractivity contribution in [3.8, 4) is 0 Å². The molecule has 1 fully saturated rings. The van der Waals surface area contributed by atoms with Crippen molar-refractivity contribution in [3.05, 3.63) is 53.8 Å². The summed E-state index contributed by atoms with van der Waals surface area (Å²) in [5.41, 5.74) is 1.34. The van der Waals surface area contributed by atoms with Crippen LogP contribution in [0.1, 0.15) is 10.4 Å². The van der Waals surface area contributed by atoms with E-state index in [4.69, 9.17) is 9.90 Å². The second kappa shape index (κ2) is 11.4. The number of halogens is 4. The lowest BCUT2D eigenvalue weighted by atomic mass is 10.1. The molecule has 14 heteroatoms. The predicted molar refractivity (Wildman–Crippen MR) is 120 cm³/mol. The quantitative estimate of drug-likeness (QED) is 0.518. The Balaban J connectivity index is 0.000000540. The Morgan fingerprint density at radius 2 is 1.66 bits per heavy atom. The minimum absolute atomic E-state index is 0.201. The number of hydrogen-bond donors (Lipinski definition) is 3. The topological polar surface area (TPSA) is 119 Å². The fraction of sp³-hybridized carbons (Fsp3) is 0.333. The van der Waals surface area contributed by atoms with Gasteiger partial charge in [0.05, 0.1) is 5.56 Å². The first-order valence-electron chi connectivity index (χ1n) is 10.1. The molecular formula is C21H24F4N4O5S. The van der Waals surface area contributed by atoms with E-state index >= 15 is 0 Å². The number of rotatable bonds is 5. The van der Waals surface area contributed by atoms with E-state index in [1.54, 1.807) is 26.2 Å². The summed E-state index contributed by atoms with van der Waals surface area (Å²) in [7, 11) is -0.840. The van der Waals surface area contributed by atoms with Gasteiger partial charge in [-0.15, -0.1) is 0 Å². The number of alkyl halides is 3. The van der Waals surface area contributed by atoms with Gasteiger partial charge in [0.2, 0.25) is 0 Å². The molecule has 0 spiro atoms. The highest BCUT2D eigenvalue weighted by atomic mass is 32.2. The molecule has 0 aliphatic carbocycles. The van der Waals surface area contributed by atoms with Crippen LogP contribution in [0.25, 0.3) is 0 Å². The normalized spacial score (nSPS) is 13.9. The molecule has 0 bridgehead atoms. The molecule has 0 atom stereocenters. The second-order valence-corrected chi connectivity index (χ2v) is 9.16. The number of piperazine rings is 1. The van der Waals surface area contributed by atoms with Gasteiger partial charge in [0, 0.05) is 51.6 Å². The molecule has 1 saturated heterocycles. The van der Waals surface area contributed by atoms with Crippen molar-refractivity contribution < 1.29 is 40.7 Å². The van der Waals surface area contributed by atoms with Crippen molar-refractivity contribution in [3.63, 3.8) is 0 Å². The van der Waals surface area contributed by atoms with E-state index in [0.717, 1.165) is 37.9 Å². The van der Waals surface area contributed by atoms with Crippen molar-refractivity contribution >= 4 is 33.3 Å². The van der Waals surface area contributed by atoms with Crippen LogP contribution in [-0.4, -0.2) is 76.8 Å². The lowest BCUT2D eigenvalue weighted by Crippen LogP contribution is -2.44. The van der Waals surface area contributed by atoms with Crippen LogP contribution < -0.4 is 14.9 Å². The van der Waals surface area contributed by atoms with Gasteiger partial charge >= 0.3 is 12.1 Å². The zero-order valence-electron chi connectivity index (χ0n) is 18.8. The first-order valence-corrected chi connectivity index (χ1v) is 11.6. The standard InChI is InChI=1S/C19H23FN4O3S.C2HF3O2/c1-23(2)19(25)15-13-14(7-8-17(15)24-11-9-21-10-12-24)22-28(26,27)18-6-4-3-5-16(18)20;3-2(4,5)1(6)7/h3-8,13,21-22H,9-12H2,1-2H3;(H,6,7). The fourth-order valence-corrected chi connectivity index (χ4v) is 4.20. The third-order valence-electron chi connectivity index (χ3n) is 4.71. The molecule has 1 amide bonds. The summed E-state index contributed by atoms with van der Waals surface area (Å²) in [5, 5.41) is 10.4. The summed E-state index contributed by atoms with van der Waals surface area (Å²) in [5.74, 6) is -3.83. The molecule has 2 aromatic rings. The molecule has 192 valence electrons. The number of hydrogen-bond acceptors (Lipinski definition) is 6. The molecule has 0 unspecified atom stereocenters. The van der Waals surface area contributed by atoms with Crippen LogP contribution in [0.2, 0.25) is 0 Å². The fourth-order valence-electron chi connectivity index (χ4n) is 3.07. The lowest BCUT2D eigenvalue weighted by Gasteiger charge is -2.31. The van der Waals surface area contributed by atoms with Crippen molar-refractivity contribution in [1.82, 2.24) is 10.2 Å². The van der Waals surface area contributed by atoms with Crippen molar-refractivity contribution in [2.24, 2.45) is 0 Å². The number of anilines is 2. The molecule has 0 radical (unpaired) electrons. The van der Waals surface area contributed by atoms with Crippen molar-refractivity contribution in [1.29, 1.82) is 0 Å². The maximum Gasteiger partial charge on any atom is 0.490 e. The van der Waals surface area contributed by atoms with E-state index < -0.39 is 32.9 Å². The third-order valence-corrected chi connectivity index (χ3v) is 6.13. The maximum absolute atomic E-state index is 13.9. The third kappa shape index (κ3) is 7.55. The number of amides is 1. The monoisotopic (exact) mass is 520 g/mol. The molecular weight excluding hydrogens is 496 g/mol. The number of carbonyl (C=O) groups excluding carboxylic acids is 1. The summed E-state index contributed by atoms with van der Waals surface area (Å²) in [6, 6.07) is 9.96. The Hall–Kier alpha value is -3.39. The van der Waals surface area contributed by atoms with Gasteiger partial charge in [0.15, 0.2) is 0 Å². The van der Waals surface area contributed by atoms with E-state index in [1.807, 2.05) is 0 Å². The zero-order chi connectivity index (χ0) is 26.4. The summed E-state index contributed by atoms with van der Waals surface area (Å²) in [6.45, 7) is 3.09. The molecule has 0 saturated carbocycles. The highest BCUT2D eigenvalue weighted by molar-refractivity contribution is 7.92. The van der Waals surface area contributed by atoms with Crippen LogP contribution in [0.15, 0.2) is 47.4 Å². The number of carboxylic acid groups (broad SMARTS) is 1. The smallest absolute Gasteiger partial charge is 0.475 e. The van der Waals surface area contributed by atoms with E-state index in [1.165, 1.54) is 29.2 Å². The number of carbonyl (C=O) groups is 2. The average Bonchev–Trinajstić information content (AvgIpc) is 2.78. The molecule has 9 nitrogen and oxygen atoms in total. The molecule has 3 rings (SSSR count). The van der Waals surface area contributed by atoms with E-state index in [9.17, 15) is 30.8 Å². The molecule has 2 aromatic carbocycles. The highest BCUT2D eigenvalue weighted by Gasteiger charge is 2.38.